The molecule has 2 heteroatoms. The number of rotatable bonds is 0. The maximum atomic E-state index is 2.43. The van der Waals surface area contributed by atoms with E-state index in [1.807, 2.05) is 0 Å². The molecule has 46 valence electrons. The summed E-state index contributed by atoms with van der Waals surface area (Å²) in [7, 11) is 4.52. The van der Waals surface area contributed by atoms with Crippen LogP contribution in [0.2, 0.25) is 0 Å². The molecule has 0 amide bonds. The van der Waals surface area contributed by atoms with Crippen LogP contribution in [-0.4, -0.2) is 32.3 Å². The van der Waals surface area contributed by atoms with Crippen LogP contribution in [0.5, 0.6) is 0 Å². The van der Waals surface area contributed by atoms with Gasteiger partial charge in [0.1, 0.15) is 7.85 Å². The lowest BCUT2D eigenvalue weighted by Crippen LogP contribution is -2.36. The zero-order valence-corrected chi connectivity index (χ0v) is 5.85. The molecule has 1 heterocycles. The number of likely N-dealkylation sites (tertiary alicyclic amines) is 1. The first-order valence-corrected chi connectivity index (χ1v) is 3.51. The normalized spacial score (nSPS) is 32.9. The lowest BCUT2D eigenvalue weighted by molar-refractivity contribution is 0.246. The van der Waals surface area contributed by atoms with E-state index < -0.39 is 0 Å². The van der Waals surface area contributed by atoms with Crippen molar-refractivity contribution in [2.24, 2.45) is 0 Å². The summed E-state index contributed by atoms with van der Waals surface area (Å²) < 4.78 is 0. The molecule has 0 aromatic carbocycles. The number of hydrogen-bond acceptors (Lipinski definition) is 1. The van der Waals surface area contributed by atoms with Gasteiger partial charge in [-0.1, -0.05) is 6.42 Å². The van der Waals surface area contributed by atoms with E-state index in [1.54, 1.807) is 0 Å². The van der Waals surface area contributed by atoms with Gasteiger partial charge in [0.2, 0.25) is 0 Å². The van der Waals surface area contributed by atoms with Crippen LogP contribution in [0.3, 0.4) is 0 Å². The quantitative estimate of drug-likeness (QED) is 0.399. The monoisotopic (exact) mass is 111 g/mol. The van der Waals surface area contributed by atoms with Crippen molar-refractivity contribution < 1.29 is 0 Å². The minimum absolute atomic E-state index is 0.837. The standard InChI is InChI=1S/C6H14BN/c1-8-5-3-2-4-6(8)7/h6H,2-5,7H2,1H3. The van der Waals surface area contributed by atoms with Crippen molar-refractivity contribution >= 4 is 7.85 Å². The van der Waals surface area contributed by atoms with Crippen molar-refractivity contribution in [1.82, 2.24) is 4.90 Å². The number of nitrogens with zero attached hydrogens (tertiary/aromatic N) is 1. The van der Waals surface area contributed by atoms with E-state index in [1.165, 1.54) is 25.8 Å². The van der Waals surface area contributed by atoms with Gasteiger partial charge >= 0.3 is 0 Å². The van der Waals surface area contributed by atoms with E-state index >= 15 is 0 Å². The highest BCUT2D eigenvalue weighted by atomic mass is 15.1. The van der Waals surface area contributed by atoms with Crippen LogP contribution in [-0.2, 0) is 0 Å². The topological polar surface area (TPSA) is 3.24 Å². The third-order valence-corrected chi connectivity index (χ3v) is 2.14. The molecule has 0 aromatic rings. The van der Waals surface area contributed by atoms with Crippen LogP contribution in [0.1, 0.15) is 19.3 Å². The lowest BCUT2D eigenvalue weighted by atomic mass is 9.87. The van der Waals surface area contributed by atoms with Crippen molar-refractivity contribution in [3.8, 4) is 0 Å². The Balaban J connectivity index is 2.28. The molecule has 0 bridgehead atoms. The number of hydrogen-bond donors (Lipinski definition) is 0. The molecule has 1 aliphatic rings. The molecule has 1 aliphatic heterocycles. The van der Waals surface area contributed by atoms with Gasteiger partial charge in [-0.05, 0) is 32.4 Å². The van der Waals surface area contributed by atoms with Gasteiger partial charge in [0.15, 0.2) is 0 Å². The second-order valence-corrected chi connectivity index (χ2v) is 2.83. The van der Waals surface area contributed by atoms with Gasteiger partial charge in [0, 0.05) is 0 Å². The van der Waals surface area contributed by atoms with Crippen molar-refractivity contribution in [1.29, 1.82) is 0 Å². The summed E-state index contributed by atoms with van der Waals surface area (Å²) in [6, 6.07) is 0. The molecule has 1 unspecified atom stereocenters. The minimum atomic E-state index is 0.837. The van der Waals surface area contributed by atoms with Crippen LogP contribution in [0, 0.1) is 0 Å². The summed E-state index contributed by atoms with van der Waals surface area (Å²) in [5, 5.41) is 0. The Hall–Kier alpha value is 0.0249. The fourth-order valence-corrected chi connectivity index (χ4v) is 1.24. The Morgan fingerprint density at radius 2 is 2.25 bits per heavy atom. The summed E-state index contributed by atoms with van der Waals surface area (Å²) >= 11 is 0. The molecular formula is C6H14BN. The fraction of sp³-hybridized carbons (Fsp3) is 1.00. The first kappa shape index (κ1) is 6.15. The summed E-state index contributed by atoms with van der Waals surface area (Å²) in [4.78, 5) is 2.43. The molecule has 1 fully saturated rings. The second-order valence-electron chi connectivity index (χ2n) is 2.83. The Kier molecular flexibility index (Phi) is 1.95. The smallest absolute Gasteiger partial charge is 0.123 e. The average Bonchev–Trinajstić information content (AvgIpc) is 1.77. The molecule has 1 rings (SSSR count). The van der Waals surface area contributed by atoms with Gasteiger partial charge in [-0.2, -0.15) is 0 Å². The van der Waals surface area contributed by atoms with E-state index in [0.29, 0.717) is 0 Å². The molecule has 0 aromatic heterocycles. The van der Waals surface area contributed by atoms with Gasteiger partial charge in [0.25, 0.3) is 0 Å². The third-order valence-electron chi connectivity index (χ3n) is 2.14. The Bertz CT molecular complexity index is 64.9. The summed E-state index contributed by atoms with van der Waals surface area (Å²) in [6.07, 6.45) is 4.24. The van der Waals surface area contributed by atoms with Crippen LogP contribution in [0.15, 0.2) is 0 Å². The molecule has 1 nitrogen and oxygen atoms in total. The predicted octanol–water partition coefficient (Wildman–Crippen LogP) is 0.0613. The highest BCUT2D eigenvalue weighted by Gasteiger charge is 2.12. The average molecular weight is 111 g/mol. The van der Waals surface area contributed by atoms with Gasteiger partial charge in [-0.25, -0.2) is 0 Å². The largest absolute Gasteiger partial charge is 0.311 e. The second kappa shape index (κ2) is 2.54. The lowest BCUT2D eigenvalue weighted by Gasteiger charge is -2.29. The van der Waals surface area contributed by atoms with E-state index in [4.69, 9.17) is 0 Å². The van der Waals surface area contributed by atoms with Crippen molar-refractivity contribution in [2.75, 3.05) is 13.6 Å². The van der Waals surface area contributed by atoms with Crippen LogP contribution < -0.4 is 0 Å². The Labute approximate surface area is 52.5 Å². The molecular weight excluding hydrogens is 96.9 g/mol. The van der Waals surface area contributed by atoms with E-state index in [9.17, 15) is 0 Å². The maximum absolute atomic E-state index is 2.43. The third kappa shape index (κ3) is 1.25. The molecule has 0 spiro atoms. The fourth-order valence-electron chi connectivity index (χ4n) is 1.24. The SMILES string of the molecule is BC1CCCCN1C. The first-order chi connectivity index (χ1) is 3.80. The van der Waals surface area contributed by atoms with E-state index in [2.05, 4.69) is 19.8 Å². The first-order valence-electron chi connectivity index (χ1n) is 3.51. The van der Waals surface area contributed by atoms with Crippen molar-refractivity contribution in [3.05, 3.63) is 0 Å². The zero-order valence-electron chi connectivity index (χ0n) is 5.85. The summed E-state index contributed by atoms with van der Waals surface area (Å²) in [5.41, 5.74) is 0. The number of piperidine rings is 1. The highest BCUT2D eigenvalue weighted by molar-refractivity contribution is 6.11. The summed E-state index contributed by atoms with van der Waals surface area (Å²) in [5.74, 6) is 0.837. The molecule has 1 saturated heterocycles. The van der Waals surface area contributed by atoms with Crippen LogP contribution in [0.25, 0.3) is 0 Å². The minimum Gasteiger partial charge on any atom is -0.311 e. The highest BCUT2D eigenvalue weighted by Crippen LogP contribution is 2.10. The van der Waals surface area contributed by atoms with E-state index in [-0.39, 0.29) is 0 Å². The molecule has 8 heavy (non-hydrogen) atoms. The van der Waals surface area contributed by atoms with Crippen molar-refractivity contribution in [2.45, 2.75) is 25.2 Å². The maximum Gasteiger partial charge on any atom is 0.123 e. The van der Waals surface area contributed by atoms with Gasteiger partial charge in [-0.15, -0.1) is 0 Å². The van der Waals surface area contributed by atoms with Gasteiger partial charge in [0.05, 0.1) is 0 Å². The molecule has 0 aliphatic carbocycles. The van der Waals surface area contributed by atoms with Gasteiger partial charge in [-0.3, -0.25) is 0 Å². The van der Waals surface area contributed by atoms with Gasteiger partial charge < -0.3 is 4.90 Å². The summed E-state index contributed by atoms with van der Waals surface area (Å²) in [6.45, 7) is 1.31. The molecule has 0 N–H and O–H groups in total. The van der Waals surface area contributed by atoms with Crippen LogP contribution in [0.4, 0.5) is 0 Å². The Morgan fingerprint density at radius 1 is 1.50 bits per heavy atom. The Morgan fingerprint density at radius 3 is 2.62 bits per heavy atom. The van der Waals surface area contributed by atoms with Crippen molar-refractivity contribution in [3.63, 3.8) is 0 Å². The molecule has 0 saturated carbocycles. The predicted molar refractivity (Wildman–Crippen MR) is 38.8 cm³/mol. The molecule has 0 radical (unpaired) electrons. The molecule has 1 atom stereocenters. The zero-order chi connectivity index (χ0) is 5.98. The van der Waals surface area contributed by atoms with E-state index in [0.717, 1.165) is 5.94 Å². The van der Waals surface area contributed by atoms with Crippen LogP contribution >= 0.6 is 0 Å².